The molecule has 1 fully saturated rings. The third kappa shape index (κ3) is 3.04. The van der Waals surface area contributed by atoms with Gasteiger partial charge in [-0.25, -0.2) is 4.39 Å². The highest BCUT2D eigenvalue weighted by Gasteiger charge is 2.44. The molecule has 1 aliphatic carbocycles. The molecule has 0 saturated heterocycles. The zero-order valence-corrected chi connectivity index (χ0v) is 12.8. The highest BCUT2D eigenvalue weighted by molar-refractivity contribution is 5.24. The number of ether oxygens (including phenoxy) is 1. The lowest BCUT2D eigenvalue weighted by molar-refractivity contribution is -0.101. The SMILES string of the molecule is CCOC1(C(N)c2ccccc2F)CCC(C)(C)CC1. The molecule has 1 aromatic carbocycles. The lowest BCUT2D eigenvalue weighted by Crippen LogP contribution is -2.48. The first-order valence-electron chi connectivity index (χ1n) is 7.54. The van der Waals surface area contributed by atoms with E-state index in [0.29, 0.717) is 17.6 Å². The fraction of sp³-hybridized carbons (Fsp3) is 0.647. The summed E-state index contributed by atoms with van der Waals surface area (Å²) >= 11 is 0. The van der Waals surface area contributed by atoms with Crippen LogP contribution in [0.3, 0.4) is 0 Å². The fourth-order valence-electron chi connectivity index (χ4n) is 3.19. The van der Waals surface area contributed by atoms with Crippen LogP contribution in [0.15, 0.2) is 24.3 Å². The molecule has 0 aromatic heterocycles. The van der Waals surface area contributed by atoms with Crippen LogP contribution in [0, 0.1) is 11.2 Å². The van der Waals surface area contributed by atoms with E-state index in [2.05, 4.69) is 13.8 Å². The molecule has 1 unspecified atom stereocenters. The van der Waals surface area contributed by atoms with Gasteiger partial charge in [0.25, 0.3) is 0 Å². The highest BCUT2D eigenvalue weighted by Crippen LogP contribution is 2.47. The van der Waals surface area contributed by atoms with Crippen molar-refractivity contribution in [2.45, 2.75) is 58.1 Å². The van der Waals surface area contributed by atoms with E-state index in [-0.39, 0.29) is 5.82 Å². The van der Waals surface area contributed by atoms with Gasteiger partial charge in [-0.05, 0) is 44.1 Å². The van der Waals surface area contributed by atoms with Crippen LogP contribution >= 0.6 is 0 Å². The Balaban J connectivity index is 2.27. The number of benzene rings is 1. The highest BCUT2D eigenvalue weighted by atomic mass is 19.1. The number of halogens is 1. The number of rotatable bonds is 4. The smallest absolute Gasteiger partial charge is 0.128 e. The average molecular weight is 279 g/mol. The van der Waals surface area contributed by atoms with Crippen LogP contribution in [0.1, 0.15) is 58.1 Å². The van der Waals surface area contributed by atoms with Crippen molar-refractivity contribution >= 4 is 0 Å². The van der Waals surface area contributed by atoms with Crippen LogP contribution in [0.25, 0.3) is 0 Å². The van der Waals surface area contributed by atoms with Crippen LogP contribution in [0.4, 0.5) is 4.39 Å². The molecular weight excluding hydrogens is 253 g/mol. The van der Waals surface area contributed by atoms with Crippen LogP contribution in [-0.2, 0) is 4.74 Å². The molecule has 2 rings (SSSR count). The Bertz CT molecular complexity index is 448. The minimum absolute atomic E-state index is 0.232. The molecule has 3 heteroatoms. The second kappa shape index (κ2) is 5.82. The Morgan fingerprint density at radius 2 is 1.80 bits per heavy atom. The summed E-state index contributed by atoms with van der Waals surface area (Å²) in [6.07, 6.45) is 3.91. The van der Waals surface area contributed by atoms with Gasteiger partial charge in [0.15, 0.2) is 0 Å². The topological polar surface area (TPSA) is 35.2 Å². The van der Waals surface area contributed by atoms with E-state index in [1.807, 2.05) is 13.0 Å². The van der Waals surface area contributed by atoms with Crippen LogP contribution < -0.4 is 5.73 Å². The molecule has 0 aliphatic heterocycles. The van der Waals surface area contributed by atoms with E-state index in [1.165, 1.54) is 6.07 Å². The molecule has 1 aromatic rings. The van der Waals surface area contributed by atoms with Crippen molar-refractivity contribution in [3.63, 3.8) is 0 Å². The van der Waals surface area contributed by atoms with Gasteiger partial charge in [-0.3, -0.25) is 0 Å². The van der Waals surface area contributed by atoms with Gasteiger partial charge in [0.1, 0.15) is 5.82 Å². The fourth-order valence-corrected chi connectivity index (χ4v) is 3.19. The summed E-state index contributed by atoms with van der Waals surface area (Å²) in [4.78, 5) is 0. The minimum atomic E-state index is -0.424. The third-order valence-corrected chi connectivity index (χ3v) is 4.69. The molecule has 0 spiro atoms. The summed E-state index contributed by atoms with van der Waals surface area (Å²) in [6, 6.07) is 6.38. The monoisotopic (exact) mass is 279 g/mol. The first-order valence-corrected chi connectivity index (χ1v) is 7.54. The summed E-state index contributed by atoms with van der Waals surface area (Å²) in [6.45, 7) is 7.15. The maximum atomic E-state index is 14.0. The van der Waals surface area contributed by atoms with E-state index < -0.39 is 11.6 Å². The Morgan fingerprint density at radius 1 is 1.20 bits per heavy atom. The molecule has 112 valence electrons. The second-order valence-corrected chi connectivity index (χ2v) is 6.66. The summed E-state index contributed by atoms with van der Waals surface area (Å²) < 4.78 is 20.1. The molecule has 0 radical (unpaired) electrons. The minimum Gasteiger partial charge on any atom is -0.373 e. The summed E-state index contributed by atoms with van der Waals surface area (Å²) in [5, 5.41) is 0. The maximum absolute atomic E-state index is 14.0. The predicted molar refractivity (Wildman–Crippen MR) is 79.9 cm³/mol. The van der Waals surface area contributed by atoms with Gasteiger partial charge in [-0.2, -0.15) is 0 Å². The largest absolute Gasteiger partial charge is 0.373 e. The van der Waals surface area contributed by atoms with Crippen molar-refractivity contribution in [1.82, 2.24) is 0 Å². The molecule has 2 N–H and O–H groups in total. The van der Waals surface area contributed by atoms with Crippen LogP contribution in [0.2, 0.25) is 0 Å². The van der Waals surface area contributed by atoms with Crippen molar-refractivity contribution in [2.75, 3.05) is 6.61 Å². The molecule has 1 aliphatic rings. The molecule has 0 amide bonds. The lowest BCUT2D eigenvalue weighted by atomic mass is 9.67. The van der Waals surface area contributed by atoms with Crippen molar-refractivity contribution in [3.05, 3.63) is 35.6 Å². The van der Waals surface area contributed by atoms with Crippen LogP contribution in [-0.4, -0.2) is 12.2 Å². The van der Waals surface area contributed by atoms with E-state index in [1.54, 1.807) is 12.1 Å². The van der Waals surface area contributed by atoms with E-state index in [0.717, 1.165) is 25.7 Å². The maximum Gasteiger partial charge on any atom is 0.128 e. The standard InChI is InChI=1S/C17H26FNO/c1-4-20-17(11-9-16(2,3)10-12-17)15(19)13-7-5-6-8-14(13)18/h5-8,15H,4,9-12,19H2,1-3H3. The van der Waals surface area contributed by atoms with Crippen molar-refractivity contribution < 1.29 is 9.13 Å². The van der Waals surface area contributed by atoms with Crippen molar-refractivity contribution in [2.24, 2.45) is 11.1 Å². The average Bonchev–Trinajstić information content (AvgIpc) is 2.42. The zero-order valence-electron chi connectivity index (χ0n) is 12.8. The van der Waals surface area contributed by atoms with Gasteiger partial charge >= 0.3 is 0 Å². The van der Waals surface area contributed by atoms with Crippen LogP contribution in [0.5, 0.6) is 0 Å². The molecular formula is C17H26FNO. The molecule has 0 bridgehead atoms. The third-order valence-electron chi connectivity index (χ3n) is 4.69. The Hall–Kier alpha value is -0.930. The quantitative estimate of drug-likeness (QED) is 0.896. The van der Waals surface area contributed by atoms with E-state index in [9.17, 15) is 4.39 Å². The first-order chi connectivity index (χ1) is 9.40. The molecule has 1 saturated carbocycles. The Labute approximate surface area is 121 Å². The Kier molecular flexibility index (Phi) is 4.50. The number of hydrogen-bond donors (Lipinski definition) is 1. The van der Waals surface area contributed by atoms with E-state index in [4.69, 9.17) is 10.5 Å². The second-order valence-electron chi connectivity index (χ2n) is 6.66. The van der Waals surface area contributed by atoms with Gasteiger partial charge in [-0.1, -0.05) is 32.0 Å². The van der Waals surface area contributed by atoms with Gasteiger partial charge in [0, 0.05) is 12.2 Å². The number of nitrogens with two attached hydrogens (primary N) is 1. The normalized spacial score (nSPS) is 22.4. The Morgan fingerprint density at radius 3 is 2.35 bits per heavy atom. The first kappa shape index (κ1) is 15.5. The molecule has 2 nitrogen and oxygen atoms in total. The summed E-state index contributed by atoms with van der Waals surface area (Å²) in [5.74, 6) is -0.232. The zero-order chi connectivity index (χ0) is 14.8. The van der Waals surface area contributed by atoms with E-state index >= 15 is 0 Å². The van der Waals surface area contributed by atoms with Gasteiger partial charge < -0.3 is 10.5 Å². The molecule has 0 heterocycles. The molecule has 1 atom stereocenters. The van der Waals surface area contributed by atoms with Gasteiger partial charge in [0.2, 0.25) is 0 Å². The van der Waals surface area contributed by atoms with Crippen molar-refractivity contribution in [3.8, 4) is 0 Å². The van der Waals surface area contributed by atoms with Gasteiger partial charge in [-0.15, -0.1) is 0 Å². The predicted octanol–water partition coefficient (Wildman–Crippen LogP) is 4.20. The van der Waals surface area contributed by atoms with Gasteiger partial charge in [0.05, 0.1) is 11.6 Å². The summed E-state index contributed by atoms with van der Waals surface area (Å²) in [7, 11) is 0. The summed E-state index contributed by atoms with van der Waals surface area (Å²) in [5.41, 5.74) is 6.89. The molecule has 20 heavy (non-hydrogen) atoms. The van der Waals surface area contributed by atoms with Crippen molar-refractivity contribution in [1.29, 1.82) is 0 Å². The number of hydrogen-bond acceptors (Lipinski definition) is 2. The lowest BCUT2D eigenvalue weighted by Gasteiger charge is -2.46.